The number of carboxylic acid groups (broad SMARTS) is 1. The average molecular weight is 1240 g/mol. The van der Waals surface area contributed by atoms with Gasteiger partial charge < -0.3 is 75.1 Å². The van der Waals surface area contributed by atoms with Gasteiger partial charge in [-0.1, -0.05) is 102 Å². The fraction of sp³-hybridized carbons (Fsp3) is 0.456. The molecule has 0 saturated carbocycles. The number of aliphatic carboxylic acids is 1. The van der Waals surface area contributed by atoms with Crippen molar-refractivity contribution in [1.29, 1.82) is 0 Å². The first kappa shape index (κ1) is 67.2. The molecule has 11 amide bonds. The van der Waals surface area contributed by atoms with Gasteiger partial charge in [0, 0.05) is 67.5 Å². The van der Waals surface area contributed by atoms with Crippen molar-refractivity contribution in [2.24, 2.45) is 27.2 Å². The predicted octanol–water partition coefficient (Wildman–Crippen LogP) is -0.565. The second-order valence-corrected chi connectivity index (χ2v) is 23.6. The predicted molar refractivity (Wildman–Crippen MR) is 329 cm³/mol. The summed E-state index contributed by atoms with van der Waals surface area (Å²) in [5.74, 6) is -10.4. The Morgan fingerprint density at radius 3 is 2.02 bits per heavy atom. The number of unbranched alkanes of at least 4 members (excludes halogenated alkanes) is 1. The minimum atomic E-state index is -1.70. The van der Waals surface area contributed by atoms with Crippen molar-refractivity contribution in [3.63, 3.8) is 0 Å². The van der Waals surface area contributed by atoms with Gasteiger partial charge in [0.25, 0.3) is 5.91 Å². The molecule has 0 spiro atoms. The molecule has 28 nitrogen and oxygen atoms in total. The molecule has 2 aliphatic rings. The summed E-state index contributed by atoms with van der Waals surface area (Å²) in [6.45, 7) is 2.78. The molecule has 87 heavy (non-hydrogen) atoms. The number of hydrogen-bond acceptors (Lipinski definition) is 15. The van der Waals surface area contributed by atoms with Crippen molar-refractivity contribution in [1.82, 2.24) is 57.7 Å². The smallest absolute Gasteiger partial charge is 0.325 e. The number of rotatable bonds is 22. The van der Waals surface area contributed by atoms with E-state index in [-0.39, 0.29) is 56.1 Å². The van der Waals surface area contributed by atoms with E-state index in [1.54, 1.807) is 37.4 Å². The number of nitrogens with zero attached hydrogens (tertiary/aromatic N) is 3. The summed E-state index contributed by atoms with van der Waals surface area (Å²) in [6, 6.07) is 7.07. The lowest BCUT2D eigenvalue weighted by molar-refractivity contribution is -0.138. The van der Waals surface area contributed by atoms with Gasteiger partial charge in [-0.25, -0.2) is 4.79 Å². The fourth-order valence-electron chi connectivity index (χ4n) is 9.66. The van der Waals surface area contributed by atoms with Crippen molar-refractivity contribution >= 4 is 121 Å². The number of benzene rings is 3. The summed E-state index contributed by atoms with van der Waals surface area (Å²) in [7, 11) is 3.34. The second-order valence-electron chi connectivity index (χ2n) is 21.0. The zero-order chi connectivity index (χ0) is 63.2. The number of aliphatic imine (C=N–C) groups is 2. The van der Waals surface area contributed by atoms with Gasteiger partial charge in [-0.2, -0.15) is 0 Å². The van der Waals surface area contributed by atoms with Crippen LogP contribution in [0.15, 0.2) is 82.9 Å². The summed E-state index contributed by atoms with van der Waals surface area (Å²) < 4.78 is 0. The second kappa shape index (κ2) is 33.1. The van der Waals surface area contributed by atoms with Crippen LogP contribution in [0.5, 0.6) is 0 Å². The molecule has 2 unspecified atom stereocenters. The number of urea groups is 1. The van der Waals surface area contributed by atoms with Crippen molar-refractivity contribution < 1.29 is 57.8 Å². The Bertz CT molecular complexity index is 3210. The largest absolute Gasteiger partial charge is 0.481 e. The van der Waals surface area contributed by atoms with Gasteiger partial charge in [-0.15, -0.1) is 0 Å². The van der Waals surface area contributed by atoms with E-state index < -0.39 is 139 Å². The zero-order valence-electron chi connectivity index (χ0n) is 48.4. The third-order valence-corrected chi connectivity index (χ3v) is 16.7. The highest BCUT2D eigenvalue weighted by Gasteiger charge is 2.40. The molecule has 3 heterocycles. The van der Waals surface area contributed by atoms with E-state index in [4.69, 9.17) is 17.2 Å². The molecule has 2 aliphatic heterocycles. The van der Waals surface area contributed by atoms with Gasteiger partial charge in [0.05, 0.1) is 6.34 Å². The molecular formula is C57H76N16O12S2. The van der Waals surface area contributed by atoms with Crippen LogP contribution < -0.4 is 65.1 Å². The Morgan fingerprint density at radius 1 is 0.713 bits per heavy atom. The van der Waals surface area contributed by atoms with Crippen LogP contribution in [0.2, 0.25) is 0 Å². The molecule has 17 N–H and O–H groups in total. The van der Waals surface area contributed by atoms with E-state index in [1.165, 1.54) is 13.4 Å². The SMILES string of the molecule is CCCC[C@@H]1NC(=O)N(CC(=O)N[C@H]2CSSC[C@@H](C(N)=O)NC(=O)[C@H](Cc3c[nH]c4ccccc34)NC(=O)[C@H](CCCN=C(N)N)NC(=O)[C@@H](Cc3ccc4ccccc4c3)NC(=O)[C@H](CC(C)NC=NC)NC(=O)C(CCC(=O)O)NC2=O)C1=O. The summed E-state index contributed by atoms with van der Waals surface area (Å²) >= 11 is 0. The number of nitrogens with two attached hydrogens (primary N) is 3. The topological polar surface area (TPSA) is 438 Å². The van der Waals surface area contributed by atoms with Gasteiger partial charge >= 0.3 is 12.0 Å². The Balaban J connectivity index is 1.43. The number of imide groups is 1. The lowest BCUT2D eigenvalue weighted by Gasteiger charge is -2.29. The summed E-state index contributed by atoms with van der Waals surface area (Å²) in [5.41, 5.74) is 19.0. The van der Waals surface area contributed by atoms with Gasteiger partial charge in [0.1, 0.15) is 54.9 Å². The molecule has 1 aromatic heterocycles. The first-order valence-electron chi connectivity index (χ1n) is 28.4. The molecule has 0 aliphatic carbocycles. The van der Waals surface area contributed by atoms with Gasteiger partial charge in [0.2, 0.25) is 47.3 Å². The van der Waals surface area contributed by atoms with Crippen LogP contribution in [-0.2, 0) is 60.8 Å². The summed E-state index contributed by atoms with van der Waals surface area (Å²) in [6.07, 6.45) is 2.94. The van der Waals surface area contributed by atoms with E-state index in [2.05, 4.69) is 62.8 Å². The number of hydrogen-bond donors (Lipinski definition) is 14. The number of guanidine groups is 1. The first-order chi connectivity index (χ1) is 41.6. The van der Waals surface area contributed by atoms with Gasteiger partial charge in [-0.05, 0) is 67.0 Å². The van der Waals surface area contributed by atoms with E-state index in [9.17, 15) is 53.1 Å². The molecule has 6 rings (SSSR count). The summed E-state index contributed by atoms with van der Waals surface area (Å²) in [5, 5.41) is 36.4. The number of primary amides is 1. The van der Waals surface area contributed by atoms with Crippen LogP contribution in [-0.4, -0.2) is 178 Å². The van der Waals surface area contributed by atoms with Crippen molar-refractivity contribution in [3.8, 4) is 0 Å². The maximum Gasteiger partial charge on any atom is 0.325 e. The number of H-pyrrole nitrogens is 1. The molecule has 2 saturated heterocycles. The van der Waals surface area contributed by atoms with Crippen LogP contribution in [0, 0.1) is 0 Å². The van der Waals surface area contributed by atoms with E-state index in [0.717, 1.165) is 38.8 Å². The first-order valence-corrected chi connectivity index (χ1v) is 30.9. The highest BCUT2D eigenvalue weighted by molar-refractivity contribution is 8.76. The number of nitrogens with one attached hydrogen (secondary N) is 10. The lowest BCUT2D eigenvalue weighted by Crippen LogP contribution is -2.61. The third-order valence-electron chi connectivity index (χ3n) is 14.3. The molecule has 9 atom stereocenters. The van der Waals surface area contributed by atoms with Crippen LogP contribution in [0.1, 0.15) is 76.3 Å². The molecular weight excluding hydrogens is 1160 g/mol. The lowest BCUT2D eigenvalue weighted by atomic mass is 9.99. The normalized spacial score (nSPS) is 22.7. The number of para-hydroxylation sites is 1. The number of carboxylic acids is 1. The monoisotopic (exact) mass is 1240 g/mol. The van der Waals surface area contributed by atoms with E-state index >= 15 is 4.79 Å². The number of amides is 11. The van der Waals surface area contributed by atoms with Gasteiger partial charge in [0.15, 0.2) is 5.96 Å². The van der Waals surface area contributed by atoms with E-state index in [1.807, 2.05) is 49.4 Å². The fourth-order valence-corrected chi connectivity index (χ4v) is 12.0. The zero-order valence-corrected chi connectivity index (χ0v) is 50.1. The number of aromatic amines is 1. The molecule has 0 radical (unpaired) electrons. The van der Waals surface area contributed by atoms with Crippen LogP contribution >= 0.6 is 21.6 Å². The minimum absolute atomic E-state index is 0.0176. The number of aromatic nitrogens is 1. The highest BCUT2D eigenvalue weighted by Crippen LogP contribution is 2.25. The molecule has 468 valence electrons. The van der Waals surface area contributed by atoms with Crippen molar-refractivity contribution in [2.45, 2.75) is 132 Å². The molecule has 4 aromatic rings. The average Bonchev–Trinajstić information content (AvgIpc) is 3.38. The van der Waals surface area contributed by atoms with E-state index in [0.29, 0.717) is 39.8 Å². The molecule has 2 fully saturated rings. The van der Waals surface area contributed by atoms with Crippen LogP contribution in [0.4, 0.5) is 4.79 Å². The maximum atomic E-state index is 15.0. The molecule has 3 aromatic carbocycles. The Morgan fingerprint density at radius 2 is 1.32 bits per heavy atom. The number of fused-ring (bicyclic) bond motifs is 2. The molecule has 0 bridgehead atoms. The Kier molecular flexibility index (Phi) is 25.6. The quantitative estimate of drug-likeness (QED) is 0.0154. The molecule has 30 heteroatoms. The highest BCUT2D eigenvalue weighted by atomic mass is 33.1. The number of carbonyl (C=O) groups is 11. The maximum absolute atomic E-state index is 15.0. The third kappa shape index (κ3) is 20.4. The Labute approximate surface area is 509 Å². The summed E-state index contributed by atoms with van der Waals surface area (Å²) in [4.78, 5) is 166. The van der Waals surface area contributed by atoms with Crippen molar-refractivity contribution in [3.05, 3.63) is 84.1 Å². The van der Waals surface area contributed by atoms with Crippen LogP contribution in [0.3, 0.4) is 0 Å². The van der Waals surface area contributed by atoms with Crippen molar-refractivity contribution in [2.75, 3.05) is 31.6 Å². The standard InChI is InChI=1S/C57H76N16O12S2/c1-4-5-14-40-55(84)73(57(85)72-40)27-46(74)65-45-29-87-86-28-44(48(58)77)71-53(82)43(25-35-26-63-37-15-9-8-13-36(35)37)70-49(78)38(16-10-21-62-56(59)60)66-52(81)42(24-32-17-18-33-11-6-7-12-34(33)23-32)69-51(80)41(22-31(2)64-30-61-3)68-50(79)39(67-54(45)83)19-20-47(75)76/h6-9,11-13,15,17-18,23,26,30-31,38-45,63H,4-5,10,14,16,19-22,24-25,27-29H2,1-3H3,(H2,58,77)(H,61,64)(H,65,74)(H,66,81)(H,67,83)(H,68,79)(H,69,80)(H,70,78)(H,71,82)(H,72,85)(H,75,76)(H4,59,60,62)/t31?,38-,39?,40-,41-,42+,43-,44-,45-/m0/s1. The van der Waals surface area contributed by atoms with Gasteiger partial charge in [-0.3, -0.25) is 62.8 Å². The Hall–Kier alpha value is -8.93. The number of carbonyl (C=O) groups excluding carboxylic acids is 10. The minimum Gasteiger partial charge on any atom is -0.481 e. The van der Waals surface area contributed by atoms with Crippen LogP contribution in [0.25, 0.3) is 21.7 Å².